The van der Waals surface area contributed by atoms with Gasteiger partial charge in [-0.15, -0.1) is 12.4 Å². The van der Waals surface area contributed by atoms with Gasteiger partial charge in [0.2, 0.25) is 10.0 Å². The van der Waals surface area contributed by atoms with Gasteiger partial charge in [0, 0.05) is 25.6 Å². The average Bonchev–Trinajstić information content (AvgIpc) is 2.94. The highest BCUT2D eigenvalue weighted by Crippen LogP contribution is 2.29. The Morgan fingerprint density at radius 3 is 2.95 bits per heavy atom. The Bertz CT molecular complexity index is 606. The predicted octanol–water partition coefficient (Wildman–Crippen LogP) is 1.42. The van der Waals surface area contributed by atoms with Gasteiger partial charge in [-0.2, -0.15) is 4.31 Å². The molecule has 0 bridgehead atoms. The van der Waals surface area contributed by atoms with Crippen LogP contribution >= 0.6 is 12.4 Å². The summed E-state index contributed by atoms with van der Waals surface area (Å²) in [4.78, 5) is 0.388. The lowest BCUT2D eigenvalue weighted by Crippen LogP contribution is -2.46. The summed E-state index contributed by atoms with van der Waals surface area (Å²) in [5, 5.41) is 3.17. The highest BCUT2D eigenvalue weighted by molar-refractivity contribution is 7.89. The molecule has 5 nitrogen and oxygen atoms in total. The fourth-order valence-corrected chi connectivity index (χ4v) is 4.44. The molecule has 1 N–H and O–H groups in total. The molecule has 0 amide bonds. The Balaban J connectivity index is 0.00000161. The van der Waals surface area contributed by atoms with Gasteiger partial charge >= 0.3 is 0 Å². The van der Waals surface area contributed by atoms with Crippen LogP contribution in [-0.4, -0.2) is 45.5 Å². The van der Waals surface area contributed by atoms with Gasteiger partial charge in [-0.1, -0.05) is 0 Å². The number of nitrogens with zero attached hydrogens (tertiary/aromatic N) is 1. The standard InChI is InChI=1S/C14H20N2O3S.ClH/c1-15-12-3-2-7-16(10-12)20(17,18)13-4-5-14-11(9-13)6-8-19-14;/h4-5,9,12,15H,2-3,6-8,10H2,1H3;1H. The van der Waals surface area contributed by atoms with Gasteiger partial charge in [0.25, 0.3) is 0 Å². The minimum Gasteiger partial charge on any atom is -0.493 e. The molecule has 1 aromatic carbocycles. The third-order valence-electron chi connectivity index (χ3n) is 4.09. The highest BCUT2D eigenvalue weighted by Gasteiger charge is 2.30. The zero-order chi connectivity index (χ0) is 14.2. The summed E-state index contributed by atoms with van der Waals surface area (Å²) in [6.45, 7) is 1.80. The summed E-state index contributed by atoms with van der Waals surface area (Å²) < 4.78 is 32.4. The smallest absolute Gasteiger partial charge is 0.243 e. The molecule has 2 aliphatic rings. The molecule has 1 atom stereocenters. The number of benzene rings is 1. The second-order valence-corrected chi connectivity index (χ2v) is 7.30. The summed E-state index contributed by atoms with van der Waals surface area (Å²) in [5.41, 5.74) is 0.994. The maximum Gasteiger partial charge on any atom is 0.243 e. The quantitative estimate of drug-likeness (QED) is 0.909. The molecular weight excluding hydrogens is 312 g/mol. The van der Waals surface area contributed by atoms with E-state index in [1.54, 1.807) is 22.5 Å². The molecule has 0 aliphatic carbocycles. The summed E-state index contributed by atoms with van der Waals surface area (Å²) in [6, 6.07) is 5.44. The maximum absolute atomic E-state index is 12.7. The highest BCUT2D eigenvalue weighted by atomic mass is 35.5. The molecule has 1 unspecified atom stereocenters. The van der Waals surface area contributed by atoms with Gasteiger partial charge in [0.15, 0.2) is 0 Å². The van der Waals surface area contributed by atoms with Crippen LogP contribution in [0.4, 0.5) is 0 Å². The number of ether oxygens (including phenoxy) is 1. The first kappa shape index (κ1) is 16.5. The van der Waals surface area contributed by atoms with E-state index in [1.807, 2.05) is 7.05 Å². The van der Waals surface area contributed by atoms with E-state index in [4.69, 9.17) is 4.74 Å². The van der Waals surface area contributed by atoms with Crippen molar-refractivity contribution in [3.05, 3.63) is 23.8 Å². The van der Waals surface area contributed by atoms with Crippen molar-refractivity contribution >= 4 is 22.4 Å². The number of halogens is 1. The number of nitrogens with one attached hydrogen (secondary N) is 1. The molecule has 118 valence electrons. The van der Waals surface area contributed by atoms with Crippen molar-refractivity contribution in [2.45, 2.75) is 30.2 Å². The number of rotatable bonds is 3. The van der Waals surface area contributed by atoms with Crippen molar-refractivity contribution in [2.24, 2.45) is 0 Å². The monoisotopic (exact) mass is 332 g/mol. The average molecular weight is 333 g/mol. The van der Waals surface area contributed by atoms with Crippen LogP contribution in [0.2, 0.25) is 0 Å². The van der Waals surface area contributed by atoms with E-state index in [9.17, 15) is 8.42 Å². The van der Waals surface area contributed by atoms with E-state index in [0.29, 0.717) is 24.6 Å². The number of hydrogen-bond donors (Lipinski definition) is 1. The zero-order valence-electron chi connectivity index (χ0n) is 12.0. The molecule has 1 saturated heterocycles. The van der Waals surface area contributed by atoms with E-state index >= 15 is 0 Å². The van der Waals surface area contributed by atoms with Crippen LogP contribution in [0.1, 0.15) is 18.4 Å². The van der Waals surface area contributed by atoms with Gasteiger partial charge in [-0.05, 0) is 43.7 Å². The molecular formula is C14H21ClN2O3S. The largest absolute Gasteiger partial charge is 0.493 e. The summed E-state index contributed by atoms with van der Waals surface area (Å²) in [5.74, 6) is 0.815. The normalized spacial score (nSPS) is 22.2. The third-order valence-corrected chi connectivity index (χ3v) is 5.95. The Hall–Kier alpha value is -0.820. The molecule has 0 spiro atoms. The van der Waals surface area contributed by atoms with E-state index in [-0.39, 0.29) is 18.4 Å². The van der Waals surface area contributed by atoms with Crippen LogP contribution in [0.15, 0.2) is 23.1 Å². The van der Waals surface area contributed by atoms with E-state index in [1.165, 1.54) is 0 Å². The minimum absolute atomic E-state index is 0. The van der Waals surface area contributed by atoms with Crippen molar-refractivity contribution in [3.63, 3.8) is 0 Å². The lowest BCUT2D eigenvalue weighted by Gasteiger charge is -2.31. The number of sulfonamides is 1. The van der Waals surface area contributed by atoms with Crippen molar-refractivity contribution < 1.29 is 13.2 Å². The molecule has 1 aromatic rings. The lowest BCUT2D eigenvalue weighted by atomic mass is 10.1. The summed E-state index contributed by atoms with van der Waals surface area (Å²) >= 11 is 0. The SMILES string of the molecule is CNC1CCCN(S(=O)(=O)c2ccc3c(c2)CCO3)C1.Cl. The summed E-state index contributed by atoms with van der Waals surface area (Å²) in [7, 11) is -1.51. The topological polar surface area (TPSA) is 58.6 Å². The Kier molecular flexibility index (Phi) is 5.14. The van der Waals surface area contributed by atoms with E-state index in [0.717, 1.165) is 30.6 Å². The third kappa shape index (κ3) is 3.18. The van der Waals surface area contributed by atoms with Crippen molar-refractivity contribution in [1.29, 1.82) is 0 Å². The number of hydrogen-bond acceptors (Lipinski definition) is 4. The Labute approximate surface area is 132 Å². The first-order chi connectivity index (χ1) is 9.61. The van der Waals surface area contributed by atoms with E-state index in [2.05, 4.69) is 5.32 Å². The van der Waals surface area contributed by atoms with Crippen LogP contribution in [0.5, 0.6) is 5.75 Å². The van der Waals surface area contributed by atoms with Gasteiger partial charge < -0.3 is 10.1 Å². The Morgan fingerprint density at radius 1 is 1.38 bits per heavy atom. The first-order valence-corrected chi connectivity index (χ1v) is 8.48. The second kappa shape index (κ2) is 6.52. The number of piperidine rings is 1. The van der Waals surface area contributed by atoms with Gasteiger partial charge in [-0.25, -0.2) is 8.42 Å². The number of fused-ring (bicyclic) bond motifs is 1. The van der Waals surface area contributed by atoms with E-state index < -0.39 is 10.0 Å². The molecule has 0 aromatic heterocycles. The van der Waals surface area contributed by atoms with Crippen molar-refractivity contribution in [1.82, 2.24) is 9.62 Å². The second-order valence-electron chi connectivity index (χ2n) is 5.36. The fraction of sp³-hybridized carbons (Fsp3) is 0.571. The molecule has 3 rings (SSSR count). The predicted molar refractivity (Wildman–Crippen MR) is 83.7 cm³/mol. The van der Waals surface area contributed by atoms with Crippen LogP contribution < -0.4 is 10.1 Å². The molecule has 0 radical (unpaired) electrons. The van der Waals surface area contributed by atoms with Gasteiger partial charge in [0.1, 0.15) is 5.75 Å². The van der Waals surface area contributed by atoms with Crippen molar-refractivity contribution in [3.8, 4) is 5.75 Å². The lowest BCUT2D eigenvalue weighted by molar-refractivity contribution is 0.293. The number of likely N-dealkylation sites (N-methyl/N-ethyl adjacent to an activating group) is 1. The first-order valence-electron chi connectivity index (χ1n) is 7.04. The molecule has 2 aliphatic heterocycles. The molecule has 1 fully saturated rings. The minimum atomic E-state index is -3.39. The van der Waals surface area contributed by atoms with Gasteiger partial charge in [-0.3, -0.25) is 0 Å². The summed E-state index contributed by atoms with van der Waals surface area (Å²) in [6.07, 6.45) is 2.72. The molecule has 0 saturated carbocycles. The van der Waals surface area contributed by atoms with Crippen LogP contribution in [-0.2, 0) is 16.4 Å². The maximum atomic E-state index is 12.7. The molecule has 7 heteroatoms. The van der Waals surface area contributed by atoms with Crippen molar-refractivity contribution in [2.75, 3.05) is 26.7 Å². The molecule has 21 heavy (non-hydrogen) atoms. The van der Waals surface area contributed by atoms with Crippen LogP contribution in [0.3, 0.4) is 0 Å². The Morgan fingerprint density at radius 2 is 2.19 bits per heavy atom. The zero-order valence-corrected chi connectivity index (χ0v) is 13.7. The van der Waals surface area contributed by atoms with Gasteiger partial charge in [0.05, 0.1) is 11.5 Å². The fourth-order valence-electron chi connectivity index (χ4n) is 2.87. The van der Waals surface area contributed by atoms with Crippen LogP contribution in [0, 0.1) is 0 Å². The molecule has 2 heterocycles. The van der Waals surface area contributed by atoms with Crippen LogP contribution in [0.25, 0.3) is 0 Å².